The third kappa shape index (κ3) is 4.19. The Hall–Kier alpha value is -1.59. The number of furan rings is 1. The van der Waals surface area contributed by atoms with Crippen molar-refractivity contribution >= 4 is 0 Å². The molecule has 0 saturated heterocycles. The van der Waals surface area contributed by atoms with Crippen LogP contribution in [-0.2, 0) is 7.05 Å². The number of aliphatic hydroxyl groups is 1. The molecule has 1 unspecified atom stereocenters. The molecule has 2 N–H and O–H groups in total. The summed E-state index contributed by atoms with van der Waals surface area (Å²) >= 11 is 0. The number of aryl methyl sites for hydroxylation is 1. The topological polar surface area (TPSA) is 63.2 Å². The quantitative estimate of drug-likeness (QED) is 0.784. The molecule has 1 atom stereocenters. The first kappa shape index (κ1) is 15.8. The Bertz CT molecular complexity index is 531. The smallest absolute Gasteiger partial charge is 0.133 e. The number of aromatic nitrogens is 2. The fourth-order valence-electron chi connectivity index (χ4n) is 2.45. The summed E-state index contributed by atoms with van der Waals surface area (Å²) in [5, 5.41) is 12.6. The van der Waals surface area contributed by atoms with Crippen molar-refractivity contribution in [1.82, 2.24) is 14.9 Å². The second kappa shape index (κ2) is 6.91. The normalized spacial score (nSPS) is 13.5. The van der Waals surface area contributed by atoms with Crippen LogP contribution in [0.2, 0.25) is 0 Å². The van der Waals surface area contributed by atoms with E-state index < -0.39 is 0 Å². The Balaban J connectivity index is 2.09. The third-order valence-corrected chi connectivity index (χ3v) is 3.74. The Morgan fingerprint density at radius 2 is 2.29 bits per heavy atom. The molecule has 2 aromatic heterocycles. The van der Waals surface area contributed by atoms with Crippen molar-refractivity contribution in [3.05, 3.63) is 42.4 Å². The zero-order valence-corrected chi connectivity index (χ0v) is 13.0. The second-order valence-electron chi connectivity index (χ2n) is 6.22. The lowest BCUT2D eigenvalue weighted by Crippen LogP contribution is -2.34. The van der Waals surface area contributed by atoms with Crippen molar-refractivity contribution in [2.75, 3.05) is 13.2 Å². The van der Waals surface area contributed by atoms with Crippen LogP contribution < -0.4 is 5.32 Å². The molecular weight excluding hydrogens is 266 g/mol. The summed E-state index contributed by atoms with van der Waals surface area (Å²) in [6.45, 7) is 5.47. The minimum atomic E-state index is -0.0617. The van der Waals surface area contributed by atoms with Gasteiger partial charge in [0.2, 0.25) is 0 Å². The van der Waals surface area contributed by atoms with Gasteiger partial charge >= 0.3 is 0 Å². The molecule has 5 nitrogen and oxygen atoms in total. The van der Waals surface area contributed by atoms with Crippen molar-refractivity contribution in [2.24, 2.45) is 12.5 Å². The van der Waals surface area contributed by atoms with E-state index in [1.165, 1.54) is 0 Å². The molecule has 0 spiro atoms. The molecule has 0 fully saturated rings. The number of imidazole rings is 1. The molecule has 0 aliphatic heterocycles. The van der Waals surface area contributed by atoms with Gasteiger partial charge in [-0.15, -0.1) is 0 Å². The maximum absolute atomic E-state index is 9.00. The van der Waals surface area contributed by atoms with Gasteiger partial charge < -0.3 is 19.4 Å². The standard InChI is InChI=1S/C16H25N3O2/c1-16(2,7-5-10-20)12-18-14(13-6-4-11-21-13)15-17-8-9-19(15)3/h4,6,8-9,11,14,18,20H,5,7,10,12H2,1-3H3. The molecular formula is C16H25N3O2. The van der Waals surface area contributed by atoms with Crippen LogP contribution in [0.15, 0.2) is 35.2 Å². The minimum Gasteiger partial charge on any atom is -0.467 e. The van der Waals surface area contributed by atoms with E-state index in [2.05, 4.69) is 24.1 Å². The molecule has 0 aliphatic carbocycles. The molecule has 5 heteroatoms. The lowest BCUT2D eigenvalue weighted by Gasteiger charge is -2.27. The zero-order chi connectivity index (χ0) is 15.3. The van der Waals surface area contributed by atoms with Crippen molar-refractivity contribution in [1.29, 1.82) is 0 Å². The average Bonchev–Trinajstić information content (AvgIpc) is 3.10. The summed E-state index contributed by atoms with van der Waals surface area (Å²) in [5.41, 5.74) is 0.110. The monoisotopic (exact) mass is 291 g/mol. The van der Waals surface area contributed by atoms with Crippen molar-refractivity contribution in [3.63, 3.8) is 0 Å². The summed E-state index contributed by atoms with van der Waals surface area (Å²) in [4.78, 5) is 4.44. The molecule has 0 aliphatic rings. The van der Waals surface area contributed by atoms with Crippen LogP contribution in [0.25, 0.3) is 0 Å². The lowest BCUT2D eigenvalue weighted by atomic mass is 9.87. The van der Waals surface area contributed by atoms with E-state index >= 15 is 0 Å². The van der Waals surface area contributed by atoms with E-state index in [0.29, 0.717) is 0 Å². The second-order valence-corrected chi connectivity index (χ2v) is 6.22. The molecule has 2 rings (SSSR count). The summed E-state index contributed by atoms with van der Waals surface area (Å²) in [6, 6.07) is 3.80. The highest BCUT2D eigenvalue weighted by atomic mass is 16.3. The molecule has 2 heterocycles. The van der Waals surface area contributed by atoms with Crippen molar-refractivity contribution < 1.29 is 9.52 Å². The molecule has 116 valence electrons. The van der Waals surface area contributed by atoms with Gasteiger partial charge in [-0.3, -0.25) is 0 Å². The molecule has 0 aromatic carbocycles. The highest BCUT2D eigenvalue weighted by molar-refractivity contribution is 5.15. The first-order valence-corrected chi connectivity index (χ1v) is 7.38. The Morgan fingerprint density at radius 1 is 1.48 bits per heavy atom. The maximum Gasteiger partial charge on any atom is 0.133 e. The van der Waals surface area contributed by atoms with Crippen LogP contribution in [0.1, 0.15) is 44.3 Å². The Morgan fingerprint density at radius 3 is 2.86 bits per heavy atom. The number of nitrogens with one attached hydrogen (secondary N) is 1. The van der Waals surface area contributed by atoms with Crippen LogP contribution in [0.4, 0.5) is 0 Å². The number of rotatable bonds is 8. The number of nitrogens with zero attached hydrogens (tertiary/aromatic N) is 2. The summed E-state index contributed by atoms with van der Waals surface area (Å²) in [6.07, 6.45) is 7.21. The van der Waals surface area contributed by atoms with E-state index in [9.17, 15) is 0 Å². The van der Waals surface area contributed by atoms with Gasteiger partial charge in [0.25, 0.3) is 0 Å². The summed E-state index contributed by atoms with van der Waals surface area (Å²) < 4.78 is 7.57. The third-order valence-electron chi connectivity index (χ3n) is 3.74. The highest BCUT2D eigenvalue weighted by Gasteiger charge is 2.24. The molecule has 0 radical (unpaired) electrons. The van der Waals surface area contributed by atoms with E-state index in [-0.39, 0.29) is 18.1 Å². The van der Waals surface area contributed by atoms with Gasteiger partial charge in [-0.1, -0.05) is 13.8 Å². The van der Waals surface area contributed by atoms with E-state index in [0.717, 1.165) is 31.0 Å². The van der Waals surface area contributed by atoms with Crippen molar-refractivity contribution in [3.8, 4) is 0 Å². The Kier molecular flexibility index (Phi) is 5.20. The minimum absolute atomic E-state index is 0.0617. The van der Waals surface area contributed by atoms with Crippen LogP contribution >= 0.6 is 0 Å². The predicted octanol–water partition coefficient (Wildman–Crippen LogP) is 2.49. The molecule has 2 aromatic rings. The SMILES string of the molecule is Cn1ccnc1C(NCC(C)(C)CCCO)c1ccco1. The zero-order valence-electron chi connectivity index (χ0n) is 13.0. The number of hydrogen-bond donors (Lipinski definition) is 2. The van der Waals surface area contributed by atoms with Crippen LogP contribution in [-0.4, -0.2) is 27.8 Å². The first-order chi connectivity index (χ1) is 10.0. The highest BCUT2D eigenvalue weighted by Crippen LogP contribution is 2.25. The van der Waals surface area contributed by atoms with Gasteiger partial charge in [-0.2, -0.15) is 0 Å². The summed E-state index contributed by atoms with van der Waals surface area (Å²) in [7, 11) is 1.98. The van der Waals surface area contributed by atoms with E-state index in [1.807, 2.05) is 29.9 Å². The van der Waals surface area contributed by atoms with Gasteiger partial charge in [0.15, 0.2) is 0 Å². The molecule has 21 heavy (non-hydrogen) atoms. The van der Waals surface area contributed by atoms with Gasteiger partial charge in [-0.25, -0.2) is 4.98 Å². The Labute approximate surface area is 126 Å². The van der Waals surface area contributed by atoms with Gasteiger partial charge in [0.05, 0.1) is 6.26 Å². The predicted molar refractivity (Wildman–Crippen MR) is 81.9 cm³/mol. The molecule has 0 saturated carbocycles. The number of aliphatic hydroxyl groups excluding tert-OH is 1. The van der Waals surface area contributed by atoms with Crippen LogP contribution in [0.3, 0.4) is 0 Å². The van der Waals surface area contributed by atoms with Gasteiger partial charge in [-0.05, 0) is 30.4 Å². The maximum atomic E-state index is 9.00. The fraction of sp³-hybridized carbons (Fsp3) is 0.562. The average molecular weight is 291 g/mol. The first-order valence-electron chi connectivity index (χ1n) is 7.38. The lowest BCUT2D eigenvalue weighted by molar-refractivity contribution is 0.231. The molecule has 0 bridgehead atoms. The summed E-state index contributed by atoms with van der Waals surface area (Å²) in [5.74, 6) is 1.80. The van der Waals surface area contributed by atoms with E-state index in [4.69, 9.17) is 9.52 Å². The fourth-order valence-corrected chi connectivity index (χ4v) is 2.45. The number of hydrogen-bond acceptors (Lipinski definition) is 4. The van der Waals surface area contributed by atoms with Crippen LogP contribution in [0, 0.1) is 5.41 Å². The van der Waals surface area contributed by atoms with Gasteiger partial charge in [0.1, 0.15) is 17.6 Å². The van der Waals surface area contributed by atoms with Gasteiger partial charge in [0, 0.05) is 32.6 Å². The van der Waals surface area contributed by atoms with Crippen LogP contribution in [0.5, 0.6) is 0 Å². The molecule has 0 amide bonds. The largest absolute Gasteiger partial charge is 0.467 e. The van der Waals surface area contributed by atoms with Crippen molar-refractivity contribution in [2.45, 2.75) is 32.7 Å². The van der Waals surface area contributed by atoms with E-state index in [1.54, 1.807) is 12.5 Å².